The molecule has 0 aliphatic carbocycles. The molecule has 88 valence electrons. The third-order valence-corrected chi connectivity index (χ3v) is 2.35. The van der Waals surface area contributed by atoms with Crippen LogP contribution >= 0.6 is 0 Å². The number of rotatable bonds is 3. The van der Waals surface area contributed by atoms with Gasteiger partial charge in [0.25, 0.3) is 5.56 Å². The number of carbonyl (C=O) groups is 1. The minimum Gasteiger partial charge on any atom is -0.478 e. The van der Waals surface area contributed by atoms with E-state index in [9.17, 15) is 9.59 Å². The van der Waals surface area contributed by atoms with Gasteiger partial charge < -0.3 is 14.2 Å². The van der Waals surface area contributed by atoms with Crippen LogP contribution in [0.3, 0.4) is 0 Å². The second-order valence-corrected chi connectivity index (χ2v) is 3.55. The van der Waals surface area contributed by atoms with Gasteiger partial charge in [0.2, 0.25) is 0 Å². The Morgan fingerprint density at radius 2 is 2.24 bits per heavy atom. The smallest absolute Gasteiger partial charge is 0.337 e. The topological polar surface area (TPSA) is 90.0 Å². The Hall–Kier alpha value is -2.44. The Bertz CT molecular complexity index is 614. The molecule has 0 radical (unpaired) electrons. The number of hydrogen-bond donors (Lipinski definition) is 1. The average Bonchev–Trinajstić information content (AvgIpc) is 2.67. The second-order valence-electron chi connectivity index (χ2n) is 3.55. The summed E-state index contributed by atoms with van der Waals surface area (Å²) in [6, 6.07) is 2.50. The van der Waals surface area contributed by atoms with Gasteiger partial charge in [-0.2, -0.15) is 0 Å². The van der Waals surface area contributed by atoms with Crippen LogP contribution in [0.1, 0.15) is 16.2 Å². The first-order valence-corrected chi connectivity index (χ1v) is 4.84. The van der Waals surface area contributed by atoms with E-state index in [2.05, 4.69) is 10.2 Å². The zero-order chi connectivity index (χ0) is 12.4. The largest absolute Gasteiger partial charge is 0.478 e. The third-order valence-electron chi connectivity index (χ3n) is 2.35. The van der Waals surface area contributed by atoms with Gasteiger partial charge in [0.1, 0.15) is 6.33 Å². The number of hydrogen-bond acceptors (Lipinski definition) is 4. The Kier molecular flexibility index (Phi) is 2.73. The summed E-state index contributed by atoms with van der Waals surface area (Å²) in [5.74, 6) is -0.494. The number of carboxylic acid groups (broad SMARTS) is 1. The number of aromatic carboxylic acids is 1. The van der Waals surface area contributed by atoms with Crippen molar-refractivity contribution in [1.29, 1.82) is 0 Å². The summed E-state index contributed by atoms with van der Waals surface area (Å²) in [4.78, 5) is 22.3. The van der Waals surface area contributed by atoms with Gasteiger partial charge in [0, 0.05) is 19.3 Å². The van der Waals surface area contributed by atoms with Crippen LogP contribution in [0.2, 0.25) is 0 Å². The molecule has 2 aromatic rings. The molecule has 0 atom stereocenters. The lowest BCUT2D eigenvalue weighted by Crippen LogP contribution is -2.22. The molecular weight excluding hydrogens is 224 g/mol. The number of aromatic nitrogens is 4. The van der Waals surface area contributed by atoms with E-state index in [4.69, 9.17) is 5.11 Å². The molecule has 7 heteroatoms. The van der Waals surface area contributed by atoms with Gasteiger partial charge in [-0.05, 0) is 6.07 Å². The van der Waals surface area contributed by atoms with Crippen LogP contribution in [0.5, 0.6) is 0 Å². The summed E-state index contributed by atoms with van der Waals surface area (Å²) in [5, 5.41) is 16.4. The van der Waals surface area contributed by atoms with E-state index in [0.29, 0.717) is 5.82 Å². The summed E-state index contributed by atoms with van der Waals surface area (Å²) in [7, 11) is 1.75. The quantitative estimate of drug-likeness (QED) is 0.789. The minimum atomic E-state index is -1.07. The van der Waals surface area contributed by atoms with E-state index in [1.807, 2.05) is 0 Å². The Morgan fingerprint density at radius 1 is 1.47 bits per heavy atom. The lowest BCUT2D eigenvalue weighted by Gasteiger charge is -2.05. The van der Waals surface area contributed by atoms with Gasteiger partial charge in [0.05, 0.1) is 12.1 Å². The fourth-order valence-corrected chi connectivity index (χ4v) is 1.38. The van der Waals surface area contributed by atoms with Gasteiger partial charge in [-0.15, -0.1) is 10.2 Å². The summed E-state index contributed by atoms with van der Waals surface area (Å²) in [5.41, 5.74) is -0.218. The number of nitrogens with zero attached hydrogens (tertiary/aromatic N) is 4. The lowest BCUT2D eigenvalue weighted by molar-refractivity contribution is 0.0696. The molecular formula is C10H10N4O3. The molecule has 7 nitrogen and oxygen atoms in total. The van der Waals surface area contributed by atoms with Crippen molar-refractivity contribution in [2.24, 2.45) is 7.05 Å². The van der Waals surface area contributed by atoms with Crippen LogP contribution in [0, 0.1) is 0 Å². The SMILES string of the molecule is Cn1cnnc1Cn1cc(C(=O)O)ccc1=O. The minimum absolute atomic E-state index is 0.0618. The van der Waals surface area contributed by atoms with E-state index in [1.54, 1.807) is 11.6 Å². The first-order chi connectivity index (χ1) is 8.08. The van der Waals surface area contributed by atoms with Gasteiger partial charge in [-0.1, -0.05) is 0 Å². The van der Waals surface area contributed by atoms with Crippen molar-refractivity contribution < 1.29 is 9.90 Å². The first-order valence-electron chi connectivity index (χ1n) is 4.84. The van der Waals surface area contributed by atoms with Crippen LogP contribution in [0.25, 0.3) is 0 Å². The molecule has 0 saturated carbocycles. The van der Waals surface area contributed by atoms with Crippen LogP contribution < -0.4 is 5.56 Å². The molecule has 1 N–H and O–H groups in total. The lowest BCUT2D eigenvalue weighted by atomic mass is 10.3. The molecule has 2 aromatic heterocycles. The molecule has 0 amide bonds. The fourth-order valence-electron chi connectivity index (χ4n) is 1.38. The zero-order valence-corrected chi connectivity index (χ0v) is 9.07. The van der Waals surface area contributed by atoms with E-state index >= 15 is 0 Å². The second kappa shape index (κ2) is 4.20. The predicted molar refractivity (Wildman–Crippen MR) is 57.8 cm³/mol. The highest BCUT2D eigenvalue weighted by Gasteiger charge is 2.07. The molecule has 2 rings (SSSR count). The average molecular weight is 234 g/mol. The number of pyridine rings is 1. The van der Waals surface area contributed by atoms with Crippen LogP contribution in [0.4, 0.5) is 0 Å². The van der Waals surface area contributed by atoms with E-state index in [-0.39, 0.29) is 17.7 Å². The normalized spacial score (nSPS) is 10.4. The maximum Gasteiger partial charge on any atom is 0.337 e. The van der Waals surface area contributed by atoms with Crippen molar-refractivity contribution >= 4 is 5.97 Å². The van der Waals surface area contributed by atoms with Crippen molar-refractivity contribution in [2.45, 2.75) is 6.54 Å². The number of carboxylic acids is 1. The Balaban J connectivity index is 2.39. The summed E-state index contributed by atoms with van der Waals surface area (Å²) in [6.07, 6.45) is 2.81. The van der Waals surface area contributed by atoms with Gasteiger partial charge in [-0.3, -0.25) is 4.79 Å². The van der Waals surface area contributed by atoms with Crippen LogP contribution in [-0.2, 0) is 13.6 Å². The maximum atomic E-state index is 11.5. The van der Waals surface area contributed by atoms with Gasteiger partial charge in [0.15, 0.2) is 5.82 Å². The Labute approximate surface area is 96.0 Å². The summed E-state index contributed by atoms with van der Waals surface area (Å²) >= 11 is 0. The maximum absolute atomic E-state index is 11.5. The van der Waals surface area contributed by atoms with Crippen molar-refractivity contribution in [1.82, 2.24) is 19.3 Å². The highest BCUT2D eigenvalue weighted by Crippen LogP contribution is 1.99. The van der Waals surface area contributed by atoms with Gasteiger partial charge >= 0.3 is 5.97 Å². The molecule has 0 unspecified atom stereocenters. The molecule has 17 heavy (non-hydrogen) atoms. The Morgan fingerprint density at radius 3 is 2.82 bits per heavy atom. The van der Waals surface area contributed by atoms with Crippen molar-refractivity contribution in [2.75, 3.05) is 0 Å². The molecule has 2 heterocycles. The molecule has 0 fully saturated rings. The van der Waals surface area contributed by atoms with E-state index < -0.39 is 5.97 Å². The number of aryl methyl sites for hydroxylation is 1. The van der Waals surface area contributed by atoms with Gasteiger partial charge in [-0.25, -0.2) is 4.79 Å². The highest BCUT2D eigenvalue weighted by molar-refractivity contribution is 5.87. The molecule has 0 spiro atoms. The van der Waals surface area contributed by atoms with E-state index in [1.165, 1.54) is 29.2 Å². The van der Waals surface area contributed by atoms with Crippen molar-refractivity contribution in [3.05, 3.63) is 46.4 Å². The highest BCUT2D eigenvalue weighted by atomic mass is 16.4. The van der Waals surface area contributed by atoms with Crippen molar-refractivity contribution in [3.8, 4) is 0 Å². The van der Waals surface area contributed by atoms with Crippen molar-refractivity contribution in [3.63, 3.8) is 0 Å². The summed E-state index contributed by atoms with van der Waals surface area (Å²) < 4.78 is 2.95. The zero-order valence-electron chi connectivity index (χ0n) is 9.07. The fraction of sp³-hybridized carbons (Fsp3) is 0.200. The van der Waals surface area contributed by atoms with Crippen LogP contribution in [-0.4, -0.2) is 30.4 Å². The monoisotopic (exact) mass is 234 g/mol. The molecule has 0 bridgehead atoms. The predicted octanol–water partition coefficient (Wildman–Crippen LogP) is -0.277. The first kappa shape index (κ1) is 11.1. The molecule has 0 aliphatic rings. The van der Waals surface area contributed by atoms with E-state index in [0.717, 1.165) is 0 Å². The summed E-state index contributed by atoms with van der Waals surface area (Å²) in [6.45, 7) is 0.191. The van der Waals surface area contributed by atoms with Crippen LogP contribution in [0.15, 0.2) is 29.5 Å². The molecule has 0 saturated heterocycles. The third kappa shape index (κ3) is 2.22. The standard InChI is InChI=1S/C10H10N4O3/c1-13-6-11-12-8(13)5-14-4-7(10(16)17)2-3-9(14)15/h2-4,6H,5H2,1H3,(H,16,17). The molecule has 0 aliphatic heterocycles. The molecule has 0 aromatic carbocycles.